The van der Waals surface area contributed by atoms with Crippen LogP contribution >= 0.6 is 0 Å². The molecule has 0 aliphatic rings. The van der Waals surface area contributed by atoms with Crippen LogP contribution < -0.4 is 0 Å². The lowest BCUT2D eigenvalue weighted by Crippen LogP contribution is -2.25. The maximum absolute atomic E-state index is 12.9. The molecule has 7 heteroatoms. The van der Waals surface area contributed by atoms with E-state index in [-0.39, 0.29) is 30.5 Å². The van der Waals surface area contributed by atoms with Crippen molar-refractivity contribution in [3.63, 3.8) is 0 Å². The number of aliphatic hydroxyl groups is 1. The number of esters is 1. The number of unbranched alkanes of at least 4 members (excludes halogenated alkanes) is 21. The SMILES string of the molecule is CCCCCCCCC(CCCCCC)C(=O)OCCCCCCOC(CO)COCCCCCCC(CCCCC)C(CCCCCCCC)C(=O)O. The van der Waals surface area contributed by atoms with Gasteiger partial charge >= 0.3 is 11.9 Å². The number of aliphatic hydroxyl groups excluding tert-OH is 1. The van der Waals surface area contributed by atoms with Crippen molar-refractivity contribution in [1.82, 2.24) is 0 Å². The molecule has 0 aromatic carbocycles. The van der Waals surface area contributed by atoms with Gasteiger partial charge in [-0.3, -0.25) is 9.59 Å². The molecule has 0 spiro atoms. The van der Waals surface area contributed by atoms with Crippen molar-refractivity contribution in [3.8, 4) is 0 Å². The predicted molar refractivity (Wildman–Crippen MR) is 227 cm³/mol. The van der Waals surface area contributed by atoms with Gasteiger partial charge in [0.25, 0.3) is 0 Å². The Morgan fingerprint density at radius 1 is 0.481 bits per heavy atom. The summed E-state index contributed by atoms with van der Waals surface area (Å²) in [5.41, 5.74) is 0. The monoisotopic (exact) mass is 769 g/mol. The first-order valence-electron chi connectivity index (χ1n) is 23.6. The van der Waals surface area contributed by atoms with E-state index in [1.54, 1.807) is 0 Å². The minimum absolute atomic E-state index is 0.0172. The average Bonchev–Trinajstić information content (AvgIpc) is 3.17. The number of rotatable bonds is 44. The number of carbonyl (C=O) groups is 2. The third kappa shape index (κ3) is 33.0. The van der Waals surface area contributed by atoms with Gasteiger partial charge in [0.05, 0.1) is 31.7 Å². The fourth-order valence-electron chi connectivity index (χ4n) is 7.71. The number of carbonyl (C=O) groups excluding carboxylic acids is 1. The van der Waals surface area contributed by atoms with Crippen LogP contribution in [-0.4, -0.2) is 61.3 Å². The zero-order valence-corrected chi connectivity index (χ0v) is 36.4. The van der Waals surface area contributed by atoms with Crippen LogP contribution in [-0.2, 0) is 23.8 Å². The molecule has 2 N–H and O–H groups in total. The highest BCUT2D eigenvalue weighted by atomic mass is 16.5. The van der Waals surface area contributed by atoms with E-state index < -0.39 is 5.97 Å². The largest absolute Gasteiger partial charge is 0.481 e. The van der Waals surface area contributed by atoms with E-state index >= 15 is 0 Å². The maximum atomic E-state index is 12.9. The first-order valence-corrected chi connectivity index (χ1v) is 23.6. The molecular weight excluding hydrogens is 677 g/mol. The molecule has 0 radical (unpaired) electrons. The molecule has 0 fully saturated rings. The van der Waals surface area contributed by atoms with Crippen molar-refractivity contribution in [2.24, 2.45) is 17.8 Å². The highest BCUT2D eigenvalue weighted by Crippen LogP contribution is 2.30. The molecule has 0 aliphatic carbocycles. The van der Waals surface area contributed by atoms with Gasteiger partial charge in [0.2, 0.25) is 0 Å². The van der Waals surface area contributed by atoms with Gasteiger partial charge in [-0.2, -0.15) is 0 Å². The summed E-state index contributed by atoms with van der Waals surface area (Å²) in [5, 5.41) is 19.8. The lowest BCUT2D eigenvalue weighted by molar-refractivity contribution is -0.149. The fourth-order valence-corrected chi connectivity index (χ4v) is 7.71. The molecule has 0 amide bonds. The molecule has 0 aromatic rings. The van der Waals surface area contributed by atoms with E-state index in [9.17, 15) is 19.8 Å². The van der Waals surface area contributed by atoms with Gasteiger partial charge in [-0.05, 0) is 63.7 Å². The maximum Gasteiger partial charge on any atom is 0.308 e. The third-order valence-corrected chi connectivity index (χ3v) is 11.3. The van der Waals surface area contributed by atoms with E-state index in [2.05, 4.69) is 27.7 Å². The smallest absolute Gasteiger partial charge is 0.308 e. The topological polar surface area (TPSA) is 102 Å². The van der Waals surface area contributed by atoms with Crippen LogP contribution in [0.3, 0.4) is 0 Å². The van der Waals surface area contributed by atoms with Crippen LogP contribution in [0.15, 0.2) is 0 Å². The summed E-state index contributed by atoms with van der Waals surface area (Å²) in [5.74, 6) is -0.410. The predicted octanol–water partition coefficient (Wildman–Crippen LogP) is 13.4. The van der Waals surface area contributed by atoms with Gasteiger partial charge in [0, 0.05) is 13.2 Å². The molecule has 7 nitrogen and oxygen atoms in total. The zero-order valence-electron chi connectivity index (χ0n) is 36.4. The second-order valence-corrected chi connectivity index (χ2v) is 16.4. The Morgan fingerprint density at radius 3 is 1.43 bits per heavy atom. The molecule has 4 unspecified atom stereocenters. The number of carboxylic acids is 1. The average molecular weight is 769 g/mol. The summed E-state index contributed by atoms with van der Waals surface area (Å²) in [7, 11) is 0. The summed E-state index contributed by atoms with van der Waals surface area (Å²) in [4.78, 5) is 25.1. The summed E-state index contributed by atoms with van der Waals surface area (Å²) >= 11 is 0. The lowest BCUT2D eigenvalue weighted by atomic mass is 9.80. The van der Waals surface area contributed by atoms with E-state index in [4.69, 9.17) is 14.2 Å². The van der Waals surface area contributed by atoms with Crippen LogP contribution in [0.25, 0.3) is 0 Å². The second-order valence-electron chi connectivity index (χ2n) is 16.4. The Balaban J connectivity index is 4.16. The van der Waals surface area contributed by atoms with Crippen LogP contribution in [0.4, 0.5) is 0 Å². The summed E-state index contributed by atoms with van der Waals surface area (Å²) in [6.07, 6.45) is 35.6. The zero-order chi connectivity index (χ0) is 39.7. The van der Waals surface area contributed by atoms with Gasteiger partial charge in [-0.25, -0.2) is 0 Å². The lowest BCUT2D eigenvalue weighted by Gasteiger charge is -2.24. The quantitative estimate of drug-likeness (QED) is 0.0470. The van der Waals surface area contributed by atoms with E-state index in [1.807, 2.05) is 0 Å². The second kappa shape index (κ2) is 41.5. The number of hydrogen-bond acceptors (Lipinski definition) is 6. The van der Waals surface area contributed by atoms with Gasteiger partial charge in [0.15, 0.2) is 0 Å². The Labute approximate surface area is 335 Å². The molecule has 54 heavy (non-hydrogen) atoms. The van der Waals surface area contributed by atoms with Gasteiger partial charge in [-0.1, -0.05) is 175 Å². The van der Waals surface area contributed by atoms with Crippen molar-refractivity contribution in [3.05, 3.63) is 0 Å². The minimum atomic E-state index is -0.590. The fraction of sp³-hybridized carbons (Fsp3) is 0.957. The molecule has 0 bridgehead atoms. The Hall–Kier alpha value is -1.18. The van der Waals surface area contributed by atoms with Crippen molar-refractivity contribution >= 4 is 11.9 Å². The summed E-state index contributed by atoms with van der Waals surface area (Å²) in [6.45, 7) is 11.0. The van der Waals surface area contributed by atoms with Crippen LogP contribution in [0.1, 0.15) is 233 Å². The Kier molecular flexibility index (Phi) is 40.5. The molecule has 0 saturated carbocycles. The van der Waals surface area contributed by atoms with Crippen molar-refractivity contribution in [1.29, 1.82) is 0 Å². The van der Waals surface area contributed by atoms with E-state index in [0.717, 1.165) is 116 Å². The molecule has 0 aliphatic heterocycles. The minimum Gasteiger partial charge on any atom is -0.481 e. The first kappa shape index (κ1) is 52.8. The molecule has 0 rings (SSSR count). The molecule has 0 aromatic heterocycles. The van der Waals surface area contributed by atoms with Crippen LogP contribution in [0, 0.1) is 17.8 Å². The molecule has 0 saturated heterocycles. The molecule has 4 atom stereocenters. The first-order chi connectivity index (χ1) is 26.4. The third-order valence-electron chi connectivity index (χ3n) is 11.3. The van der Waals surface area contributed by atoms with Crippen molar-refractivity contribution < 1.29 is 34.0 Å². The molecule has 322 valence electrons. The number of hydrogen-bond donors (Lipinski definition) is 2. The Morgan fingerprint density at radius 2 is 0.889 bits per heavy atom. The number of aliphatic carboxylic acids is 1. The highest BCUT2D eigenvalue weighted by Gasteiger charge is 2.27. The highest BCUT2D eigenvalue weighted by molar-refractivity contribution is 5.72. The standard InChI is InChI=1S/C47H92O7/c1-5-9-13-16-18-27-35-43(34-25-15-11-7-3)47(51)54-39-31-23-22-30-38-53-44(40-48)41-52-37-29-21-20-26-33-42(32-24-12-8-4)45(46(49)50)36-28-19-17-14-10-6-2/h42-45,48H,5-41H2,1-4H3,(H,49,50). The van der Waals surface area contributed by atoms with Crippen LogP contribution in [0.2, 0.25) is 0 Å². The van der Waals surface area contributed by atoms with Crippen LogP contribution in [0.5, 0.6) is 0 Å². The molecular formula is C47H92O7. The number of ether oxygens (including phenoxy) is 3. The van der Waals surface area contributed by atoms with E-state index in [0.29, 0.717) is 32.3 Å². The number of carboxylic acid groups (broad SMARTS) is 1. The Bertz CT molecular complexity index is 790. The summed E-state index contributed by atoms with van der Waals surface area (Å²) < 4.78 is 17.5. The normalized spacial score (nSPS) is 13.9. The van der Waals surface area contributed by atoms with Gasteiger partial charge in [0.1, 0.15) is 6.10 Å². The molecule has 0 heterocycles. The summed E-state index contributed by atoms with van der Waals surface area (Å²) in [6, 6.07) is 0. The van der Waals surface area contributed by atoms with Crippen molar-refractivity contribution in [2.75, 3.05) is 33.0 Å². The van der Waals surface area contributed by atoms with Gasteiger partial charge in [-0.15, -0.1) is 0 Å². The van der Waals surface area contributed by atoms with E-state index in [1.165, 1.54) is 89.9 Å². The van der Waals surface area contributed by atoms with Crippen molar-refractivity contribution in [2.45, 2.75) is 239 Å². The van der Waals surface area contributed by atoms with Gasteiger partial charge < -0.3 is 24.4 Å².